The van der Waals surface area contributed by atoms with Gasteiger partial charge in [-0.1, -0.05) is 17.3 Å². The zero-order valence-corrected chi connectivity index (χ0v) is 13.4. The first-order valence-corrected chi connectivity index (χ1v) is 8.24. The summed E-state index contributed by atoms with van der Waals surface area (Å²) < 4.78 is 6.60. The van der Waals surface area contributed by atoms with Crippen molar-refractivity contribution in [2.45, 2.75) is 18.3 Å². The first-order valence-electron chi connectivity index (χ1n) is 6.63. The van der Waals surface area contributed by atoms with Crippen LogP contribution in [0.2, 0.25) is 0 Å². The van der Waals surface area contributed by atoms with Crippen LogP contribution in [0.25, 0.3) is 10.7 Å². The highest BCUT2D eigenvalue weighted by Gasteiger charge is 2.51. The summed E-state index contributed by atoms with van der Waals surface area (Å²) in [7, 11) is 0. The summed E-state index contributed by atoms with van der Waals surface area (Å²) in [5.74, 6) is 1.36. The van der Waals surface area contributed by atoms with E-state index in [1.54, 1.807) is 11.3 Å². The third-order valence-corrected chi connectivity index (χ3v) is 5.46. The molecule has 2 heterocycles. The van der Waals surface area contributed by atoms with Crippen LogP contribution in [-0.2, 0) is 5.41 Å². The molecule has 2 aromatic heterocycles. The van der Waals surface area contributed by atoms with E-state index in [9.17, 15) is 0 Å². The second-order valence-corrected chi connectivity index (χ2v) is 7.69. The number of aromatic nitrogens is 2. The average molecular weight is 362 g/mol. The third kappa shape index (κ3) is 2.18. The van der Waals surface area contributed by atoms with Gasteiger partial charge in [0.25, 0.3) is 0 Å². The Hall–Kier alpha value is -1.66. The zero-order chi connectivity index (χ0) is 14.4. The van der Waals surface area contributed by atoms with Gasteiger partial charge in [-0.25, -0.2) is 0 Å². The van der Waals surface area contributed by atoms with Gasteiger partial charge in [0.05, 0.1) is 14.1 Å². The fourth-order valence-electron chi connectivity index (χ4n) is 2.51. The van der Waals surface area contributed by atoms with Crippen molar-refractivity contribution < 1.29 is 4.52 Å². The summed E-state index contributed by atoms with van der Waals surface area (Å²) in [4.78, 5) is 5.61. The molecule has 106 valence electrons. The lowest BCUT2D eigenvalue weighted by Crippen LogP contribution is -2.09. The lowest BCUT2D eigenvalue weighted by atomic mass is 9.96. The molecule has 1 saturated carbocycles. The lowest BCUT2D eigenvalue weighted by Gasteiger charge is -2.10. The Bertz CT molecular complexity index is 789. The van der Waals surface area contributed by atoms with Crippen LogP contribution in [0.5, 0.6) is 0 Å². The Morgan fingerprint density at radius 1 is 1.14 bits per heavy atom. The molecule has 2 N–H and O–H groups in total. The lowest BCUT2D eigenvalue weighted by molar-refractivity contribution is 0.360. The number of thiophene rings is 1. The summed E-state index contributed by atoms with van der Waals surface area (Å²) in [6, 6.07) is 11.9. The molecule has 0 saturated heterocycles. The molecule has 4 nitrogen and oxygen atoms in total. The van der Waals surface area contributed by atoms with Gasteiger partial charge in [-0.3, -0.25) is 0 Å². The summed E-state index contributed by atoms with van der Waals surface area (Å²) in [6.45, 7) is 0. The number of nitrogens with two attached hydrogens (primary N) is 1. The maximum atomic E-state index is 5.76. The van der Waals surface area contributed by atoms with Gasteiger partial charge < -0.3 is 10.3 Å². The minimum Gasteiger partial charge on any atom is -0.399 e. The minimum absolute atomic E-state index is 0.118. The van der Waals surface area contributed by atoms with E-state index in [2.05, 4.69) is 26.1 Å². The SMILES string of the molecule is Nc1ccc(C2(c3nc(-c4ccc(Br)s4)no3)CC2)cc1. The number of benzene rings is 1. The molecule has 1 aliphatic rings. The van der Waals surface area contributed by atoms with Gasteiger partial charge >= 0.3 is 0 Å². The highest BCUT2D eigenvalue weighted by molar-refractivity contribution is 9.11. The fourth-order valence-corrected chi connectivity index (χ4v) is 3.82. The van der Waals surface area contributed by atoms with Crippen LogP contribution in [0.1, 0.15) is 24.3 Å². The smallest absolute Gasteiger partial charge is 0.237 e. The van der Waals surface area contributed by atoms with Crippen LogP contribution in [-0.4, -0.2) is 10.1 Å². The standard InChI is InChI=1S/C15H12BrN3OS/c16-12-6-5-11(21-12)13-18-14(20-19-13)15(7-8-15)9-1-3-10(17)4-2-9/h1-6H,7-8,17H2. The maximum Gasteiger partial charge on any atom is 0.237 e. The molecule has 0 unspecified atom stereocenters. The molecular weight excluding hydrogens is 350 g/mol. The molecule has 0 amide bonds. The molecule has 0 spiro atoms. The monoisotopic (exact) mass is 361 g/mol. The predicted octanol–water partition coefficient (Wildman–Crippen LogP) is 4.22. The first-order chi connectivity index (χ1) is 10.2. The second kappa shape index (κ2) is 4.68. The van der Waals surface area contributed by atoms with Crippen molar-refractivity contribution in [2.24, 2.45) is 0 Å². The summed E-state index contributed by atoms with van der Waals surface area (Å²) in [6.07, 6.45) is 2.07. The number of rotatable bonds is 3. The summed E-state index contributed by atoms with van der Waals surface area (Å²) >= 11 is 5.05. The Morgan fingerprint density at radius 3 is 2.52 bits per heavy atom. The van der Waals surface area contributed by atoms with E-state index in [4.69, 9.17) is 10.3 Å². The molecule has 1 aliphatic carbocycles. The first kappa shape index (κ1) is 13.0. The van der Waals surface area contributed by atoms with Crippen LogP contribution >= 0.6 is 27.3 Å². The quantitative estimate of drug-likeness (QED) is 0.709. The van der Waals surface area contributed by atoms with Crippen molar-refractivity contribution in [3.05, 3.63) is 51.6 Å². The van der Waals surface area contributed by atoms with Crippen molar-refractivity contribution in [3.8, 4) is 10.7 Å². The van der Waals surface area contributed by atoms with E-state index in [1.807, 2.05) is 36.4 Å². The third-order valence-electron chi connectivity index (χ3n) is 3.84. The van der Waals surface area contributed by atoms with E-state index >= 15 is 0 Å². The Morgan fingerprint density at radius 2 is 1.90 bits per heavy atom. The Balaban J connectivity index is 1.70. The van der Waals surface area contributed by atoms with Gasteiger partial charge in [-0.2, -0.15) is 4.98 Å². The molecule has 1 fully saturated rings. The van der Waals surface area contributed by atoms with Crippen LogP contribution in [0.15, 0.2) is 44.7 Å². The number of halogens is 1. The zero-order valence-electron chi connectivity index (χ0n) is 11.0. The molecule has 4 rings (SSSR count). The molecular formula is C15H12BrN3OS. The van der Waals surface area contributed by atoms with E-state index in [0.717, 1.165) is 27.2 Å². The summed E-state index contributed by atoms with van der Waals surface area (Å²) in [5, 5.41) is 4.13. The molecule has 0 atom stereocenters. The molecule has 21 heavy (non-hydrogen) atoms. The van der Waals surface area contributed by atoms with Gasteiger partial charge in [-0.15, -0.1) is 11.3 Å². The van der Waals surface area contributed by atoms with Crippen LogP contribution in [0.3, 0.4) is 0 Å². The van der Waals surface area contributed by atoms with Crippen molar-refractivity contribution in [2.75, 3.05) is 5.73 Å². The summed E-state index contributed by atoms with van der Waals surface area (Å²) in [5.41, 5.74) is 7.60. The molecule has 0 aliphatic heterocycles. The number of hydrogen-bond acceptors (Lipinski definition) is 5. The van der Waals surface area contributed by atoms with Crippen molar-refractivity contribution in [1.82, 2.24) is 10.1 Å². The molecule has 1 aromatic carbocycles. The van der Waals surface area contributed by atoms with E-state index in [0.29, 0.717) is 11.7 Å². The highest BCUT2D eigenvalue weighted by Crippen LogP contribution is 2.53. The van der Waals surface area contributed by atoms with E-state index in [-0.39, 0.29) is 5.41 Å². The minimum atomic E-state index is -0.118. The van der Waals surface area contributed by atoms with E-state index < -0.39 is 0 Å². The molecule has 3 aromatic rings. The number of anilines is 1. The van der Waals surface area contributed by atoms with Gasteiger partial charge in [-0.05, 0) is 58.6 Å². The number of nitrogens with zero attached hydrogens (tertiary/aromatic N) is 2. The van der Waals surface area contributed by atoms with Crippen molar-refractivity contribution in [3.63, 3.8) is 0 Å². The van der Waals surface area contributed by atoms with Crippen molar-refractivity contribution in [1.29, 1.82) is 0 Å². The Kier molecular flexibility index (Phi) is 2.90. The van der Waals surface area contributed by atoms with Crippen LogP contribution < -0.4 is 5.73 Å². The van der Waals surface area contributed by atoms with Gasteiger partial charge in [0.15, 0.2) is 0 Å². The second-order valence-electron chi connectivity index (χ2n) is 5.23. The number of hydrogen-bond donors (Lipinski definition) is 1. The normalized spacial score (nSPS) is 16.0. The average Bonchev–Trinajstić information content (AvgIpc) is 2.94. The molecule has 0 bridgehead atoms. The van der Waals surface area contributed by atoms with Gasteiger partial charge in [0.1, 0.15) is 0 Å². The maximum absolute atomic E-state index is 5.76. The predicted molar refractivity (Wildman–Crippen MR) is 86.2 cm³/mol. The van der Waals surface area contributed by atoms with Gasteiger partial charge in [0.2, 0.25) is 11.7 Å². The van der Waals surface area contributed by atoms with Crippen LogP contribution in [0, 0.1) is 0 Å². The largest absolute Gasteiger partial charge is 0.399 e. The Labute approximate surface area is 134 Å². The van der Waals surface area contributed by atoms with Crippen molar-refractivity contribution >= 4 is 33.0 Å². The highest BCUT2D eigenvalue weighted by atomic mass is 79.9. The van der Waals surface area contributed by atoms with Gasteiger partial charge in [0, 0.05) is 5.69 Å². The van der Waals surface area contributed by atoms with Crippen LogP contribution in [0.4, 0.5) is 5.69 Å². The van der Waals surface area contributed by atoms with E-state index in [1.165, 1.54) is 5.56 Å². The number of nitrogen functional groups attached to an aromatic ring is 1. The molecule has 6 heteroatoms. The molecule has 0 radical (unpaired) electrons. The fraction of sp³-hybridized carbons (Fsp3) is 0.200. The topological polar surface area (TPSA) is 64.9 Å².